The van der Waals surface area contributed by atoms with Gasteiger partial charge in [-0.05, 0) is 18.1 Å². The van der Waals surface area contributed by atoms with Crippen LogP contribution in [0.2, 0.25) is 0 Å². The largest absolute Gasteiger partial charge is 1.00 e. The Bertz CT molecular complexity index is 645. The minimum atomic E-state index is -4.33. The van der Waals surface area contributed by atoms with Gasteiger partial charge in [0.1, 0.15) is 6.33 Å². The van der Waals surface area contributed by atoms with Crippen molar-refractivity contribution in [1.29, 1.82) is 0 Å². The Morgan fingerprint density at radius 3 is 2.44 bits per heavy atom. The van der Waals surface area contributed by atoms with Gasteiger partial charge in [0.2, 0.25) is 0 Å². The van der Waals surface area contributed by atoms with Gasteiger partial charge in [-0.3, -0.25) is 14.1 Å². The number of fused-ring (bicyclic) bond motifs is 1. The topological polar surface area (TPSA) is 126 Å². The smallest absolute Gasteiger partial charge is 0.780 e. The molecule has 1 N–H and O–H groups in total. The number of aromatic nitrogens is 4. The zero-order valence-electron chi connectivity index (χ0n) is 9.95. The fourth-order valence-electron chi connectivity index (χ4n) is 0.934. The summed E-state index contributed by atoms with van der Waals surface area (Å²) in [6.45, 7) is 1.76. The monoisotopic (exact) mass is 308 g/mol. The normalized spacial score (nSPS) is 9.72. The van der Waals surface area contributed by atoms with Crippen molar-refractivity contribution in [3.05, 3.63) is 28.4 Å². The third-order valence-electron chi connectivity index (χ3n) is 1.40. The summed E-state index contributed by atoms with van der Waals surface area (Å²) in [5.41, 5.74) is 0.548. The number of aromatic amines is 1. The number of nitrogens with one attached hydrogen (secondary N) is 1. The van der Waals surface area contributed by atoms with Crippen LogP contribution in [0.1, 0.15) is 5.69 Å². The minimum Gasteiger partial charge on any atom is -0.780 e. The van der Waals surface area contributed by atoms with Crippen LogP contribution in [0, 0.1) is 6.92 Å². The van der Waals surface area contributed by atoms with Gasteiger partial charge in [-0.2, -0.15) is 4.52 Å². The summed E-state index contributed by atoms with van der Waals surface area (Å²) in [7, 11) is -4.33. The number of aryl methyl sites for hydroxylation is 1. The summed E-state index contributed by atoms with van der Waals surface area (Å²) in [6, 6.07) is 1.45. The van der Waals surface area contributed by atoms with Gasteiger partial charge in [0.15, 0.2) is 0 Å². The van der Waals surface area contributed by atoms with E-state index in [1.54, 1.807) is 6.92 Å². The van der Waals surface area contributed by atoms with E-state index in [0.717, 1.165) is 0 Å². The maximum atomic E-state index is 11.1. The standard InChI is InChI=1S/C6H6N4O.2Na.H2O3S2/c1-4-2-5(11)10-6(9-4)7-3-8-10;;;1-5(2,3)4/h2-3H,1H3,(H,7,8,9);;;(H2,1,2,3,4)/q;2*+1;/p-2. The van der Waals surface area contributed by atoms with Crippen LogP contribution >= 0.6 is 0 Å². The van der Waals surface area contributed by atoms with Gasteiger partial charge in [0.05, 0.1) is 0 Å². The van der Waals surface area contributed by atoms with Gasteiger partial charge in [0.25, 0.3) is 11.3 Å². The Hall–Kier alpha value is 0.640. The van der Waals surface area contributed by atoms with Crippen LogP contribution in [0.15, 0.2) is 17.2 Å². The first-order chi connectivity index (χ1) is 7.27. The van der Waals surface area contributed by atoms with Crippen LogP contribution in [0.4, 0.5) is 0 Å². The third-order valence-corrected chi connectivity index (χ3v) is 1.40. The second kappa shape index (κ2) is 8.74. The molecule has 2 rings (SSSR count). The molecule has 0 aliphatic heterocycles. The van der Waals surface area contributed by atoms with Crippen LogP contribution in [-0.4, -0.2) is 32.9 Å². The zero-order chi connectivity index (χ0) is 12.3. The number of nitrogens with zero attached hydrogens (tertiary/aromatic N) is 3. The summed E-state index contributed by atoms with van der Waals surface area (Å²) in [4.78, 5) is 19.0. The molecular weight excluding hydrogens is 302 g/mol. The van der Waals surface area contributed by atoms with Crippen LogP contribution in [-0.2, 0) is 20.2 Å². The summed E-state index contributed by atoms with van der Waals surface area (Å²) < 4.78 is 28.0. The van der Waals surface area contributed by atoms with Gasteiger partial charge in [0, 0.05) is 11.8 Å². The zero-order valence-corrected chi connectivity index (χ0v) is 15.6. The maximum absolute atomic E-state index is 11.1. The average Bonchev–Trinajstić information content (AvgIpc) is 2.47. The fraction of sp³-hybridized carbons (Fsp3) is 0.167. The van der Waals surface area contributed by atoms with E-state index in [2.05, 4.69) is 26.3 Å². The molecule has 0 aliphatic carbocycles. The second-order valence-corrected chi connectivity index (χ2v) is 4.71. The number of H-pyrrole nitrogens is 1. The first-order valence-corrected chi connectivity index (χ1v) is 6.17. The molecule has 0 unspecified atom stereocenters. The summed E-state index contributed by atoms with van der Waals surface area (Å²) in [6.07, 6.45) is 1.43. The fourth-order valence-corrected chi connectivity index (χ4v) is 0.934. The van der Waals surface area contributed by atoms with Crippen molar-refractivity contribution in [2.24, 2.45) is 0 Å². The molecule has 0 amide bonds. The van der Waals surface area contributed by atoms with Gasteiger partial charge in [-0.1, -0.05) is 0 Å². The quantitative estimate of drug-likeness (QED) is 0.479. The van der Waals surface area contributed by atoms with E-state index in [4.69, 9.17) is 13.3 Å². The molecule has 0 bridgehead atoms. The van der Waals surface area contributed by atoms with E-state index >= 15 is 0 Å². The molecular formula is C6H6N4Na2O4S2. The Morgan fingerprint density at radius 1 is 1.44 bits per heavy atom. The molecule has 0 fully saturated rings. The van der Waals surface area contributed by atoms with Crippen LogP contribution in [0.5, 0.6) is 0 Å². The van der Waals surface area contributed by atoms with Crippen LogP contribution in [0.25, 0.3) is 5.78 Å². The number of hydrogen-bond donors (Lipinski definition) is 1. The van der Waals surface area contributed by atoms with Gasteiger partial charge in [-0.15, -0.1) is 9.05 Å². The minimum absolute atomic E-state index is 0. The molecule has 12 heteroatoms. The van der Waals surface area contributed by atoms with Gasteiger partial charge in [-0.25, -0.2) is 9.97 Å². The molecule has 0 radical (unpaired) electrons. The molecule has 0 aliphatic rings. The van der Waals surface area contributed by atoms with Crippen molar-refractivity contribution in [3.63, 3.8) is 0 Å². The third kappa shape index (κ3) is 7.94. The van der Waals surface area contributed by atoms with Crippen molar-refractivity contribution in [1.82, 2.24) is 19.6 Å². The van der Waals surface area contributed by atoms with Crippen LogP contribution < -0.4 is 64.7 Å². The summed E-state index contributed by atoms with van der Waals surface area (Å²) in [5, 5.41) is 2.65. The molecule has 0 saturated carbocycles. The SMILES string of the molecule is Cc1cc(=O)n2[nH]cnc2n1.O=S([O-])([O-])=S.[Na+].[Na+]. The Morgan fingerprint density at radius 2 is 1.94 bits per heavy atom. The predicted octanol–water partition coefficient (Wildman–Crippen LogP) is -7.27. The Kier molecular flexibility index (Phi) is 10.2. The van der Waals surface area contributed by atoms with E-state index in [9.17, 15) is 4.79 Å². The summed E-state index contributed by atoms with van der Waals surface area (Å²) in [5.74, 6) is 0.412. The molecule has 2 aromatic rings. The number of rotatable bonds is 0. The maximum Gasteiger partial charge on any atom is 1.00 e. The second-order valence-electron chi connectivity index (χ2n) is 2.67. The van der Waals surface area contributed by atoms with Gasteiger partial charge < -0.3 is 9.11 Å². The van der Waals surface area contributed by atoms with E-state index in [0.29, 0.717) is 11.5 Å². The van der Waals surface area contributed by atoms with Crippen molar-refractivity contribution < 1.29 is 72.4 Å². The first kappa shape index (κ1) is 20.9. The molecule has 88 valence electrons. The Balaban J connectivity index is 0. The molecule has 2 heterocycles. The van der Waals surface area contributed by atoms with Gasteiger partial charge >= 0.3 is 59.1 Å². The van der Waals surface area contributed by atoms with E-state index < -0.39 is 9.05 Å². The molecule has 0 spiro atoms. The molecule has 18 heavy (non-hydrogen) atoms. The first-order valence-electron chi connectivity index (χ1n) is 3.84. The van der Waals surface area contributed by atoms with E-state index in [1.165, 1.54) is 16.9 Å². The molecule has 0 saturated heterocycles. The predicted molar refractivity (Wildman–Crippen MR) is 55.4 cm³/mol. The van der Waals surface area contributed by atoms with Crippen molar-refractivity contribution in [2.75, 3.05) is 0 Å². The van der Waals surface area contributed by atoms with E-state index in [-0.39, 0.29) is 64.7 Å². The van der Waals surface area contributed by atoms with Crippen molar-refractivity contribution in [3.8, 4) is 0 Å². The molecule has 2 aromatic heterocycles. The van der Waals surface area contributed by atoms with E-state index in [1.807, 2.05) is 0 Å². The molecule has 0 aromatic carbocycles. The summed E-state index contributed by atoms with van der Waals surface area (Å²) >= 11 is 3.24. The molecule has 8 nitrogen and oxygen atoms in total. The van der Waals surface area contributed by atoms with Crippen molar-refractivity contribution in [2.45, 2.75) is 6.92 Å². The number of hydrogen-bond acceptors (Lipinski definition) is 7. The van der Waals surface area contributed by atoms with Crippen molar-refractivity contribution >= 4 is 26.0 Å². The molecule has 0 atom stereocenters. The van der Waals surface area contributed by atoms with Crippen LogP contribution in [0.3, 0.4) is 0 Å². The Labute approximate surface area is 151 Å². The average molecular weight is 308 g/mol.